The van der Waals surface area contributed by atoms with Gasteiger partial charge in [0.15, 0.2) is 0 Å². The Hall–Kier alpha value is -1.13. The van der Waals surface area contributed by atoms with E-state index in [1.54, 1.807) is 0 Å². The highest BCUT2D eigenvalue weighted by atomic mass is 79.9. The first-order chi connectivity index (χ1) is 9.77. The maximum atomic E-state index is 4.61. The first-order valence-corrected chi connectivity index (χ1v) is 8.08. The summed E-state index contributed by atoms with van der Waals surface area (Å²) in [6, 6.07) is 8.77. The number of halogens is 1. The second-order valence-electron chi connectivity index (χ2n) is 6.58. The maximum absolute atomic E-state index is 4.61. The van der Waals surface area contributed by atoms with Crippen LogP contribution in [0.4, 0.5) is 0 Å². The van der Waals surface area contributed by atoms with Crippen LogP contribution in [0.15, 0.2) is 34.9 Å². The van der Waals surface area contributed by atoms with Crippen LogP contribution in [-0.4, -0.2) is 9.78 Å². The Balaban J connectivity index is 2.08. The summed E-state index contributed by atoms with van der Waals surface area (Å²) in [7, 11) is 1.98. The van der Waals surface area contributed by atoms with E-state index in [9.17, 15) is 0 Å². The monoisotopic (exact) mass is 349 g/mol. The van der Waals surface area contributed by atoms with Gasteiger partial charge in [0, 0.05) is 41.3 Å². The molecule has 1 atom stereocenters. The maximum Gasteiger partial charge on any atom is 0.0722 e. The molecular weight excluding hydrogens is 326 g/mol. The lowest BCUT2D eigenvalue weighted by Crippen LogP contribution is -2.21. The van der Waals surface area contributed by atoms with Crippen LogP contribution in [0.25, 0.3) is 0 Å². The van der Waals surface area contributed by atoms with Crippen molar-refractivity contribution < 1.29 is 0 Å². The van der Waals surface area contributed by atoms with Crippen molar-refractivity contribution in [2.24, 2.45) is 7.05 Å². The predicted molar refractivity (Wildman–Crippen MR) is 91.3 cm³/mol. The molecule has 0 amide bonds. The summed E-state index contributed by atoms with van der Waals surface area (Å²) < 4.78 is 3.02. The van der Waals surface area contributed by atoms with Crippen molar-refractivity contribution in [3.8, 4) is 0 Å². The minimum absolute atomic E-state index is 0.0686. The molecule has 0 radical (unpaired) electrons. The van der Waals surface area contributed by atoms with Crippen LogP contribution in [0.2, 0.25) is 0 Å². The fourth-order valence-corrected chi connectivity index (χ4v) is 2.70. The average molecular weight is 350 g/mol. The Labute approximate surface area is 135 Å². The molecule has 1 aromatic carbocycles. The smallest absolute Gasteiger partial charge is 0.0722 e. The Morgan fingerprint density at radius 1 is 1.24 bits per heavy atom. The Morgan fingerprint density at radius 2 is 1.86 bits per heavy atom. The van der Waals surface area contributed by atoms with Crippen molar-refractivity contribution in [1.29, 1.82) is 0 Å². The molecule has 0 bridgehead atoms. The third-order valence-electron chi connectivity index (χ3n) is 3.58. The van der Waals surface area contributed by atoms with E-state index in [1.165, 1.54) is 16.8 Å². The number of nitrogens with zero attached hydrogens (tertiary/aromatic N) is 2. The van der Waals surface area contributed by atoms with E-state index < -0.39 is 0 Å². The second kappa shape index (κ2) is 6.32. The molecule has 2 aromatic rings. The molecule has 1 heterocycles. The number of benzene rings is 1. The molecule has 0 saturated heterocycles. The van der Waals surface area contributed by atoms with Crippen molar-refractivity contribution in [1.82, 2.24) is 15.1 Å². The Bertz CT molecular complexity index is 593. The van der Waals surface area contributed by atoms with Gasteiger partial charge in [0.2, 0.25) is 0 Å². The standard InChI is InChI=1S/C17H24BrN3/c1-12(13-6-8-15(18)9-7-13)19-10-14-11-21(5)20-16(14)17(2,3)4/h6-9,11-12,19H,10H2,1-5H3/t12-/m0/s1. The third kappa shape index (κ3) is 4.17. The number of hydrogen-bond acceptors (Lipinski definition) is 2. The fraction of sp³-hybridized carbons (Fsp3) is 0.471. The summed E-state index contributed by atoms with van der Waals surface area (Å²) >= 11 is 3.47. The molecule has 0 aliphatic heterocycles. The van der Waals surface area contributed by atoms with Crippen LogP contribution in [0.1, 0.15) is 50.6 Å². The number of nitrogens with one attached hydrogen (secondary N) is 1. The van der Waals surface area contributed by atoms with Gasteiger partial charge in [-0.25, -0.2) is 0 Å². The molecule has 0 unspecified atom stereocenters. The minimum atomic E-state index is 0.0686. The summed E-state index contributed by atoms with van der Waals surface area (Å²) in [5.74, 6) is 0. The highest BCUT2D eigenvalue weighted by Crippen LogP contribution is 2.25. The zero-order chi connectivity index (χ0) is 15.6. The van der Waals surface area contributed by atoms with Crippen LogP contribution in [-0.2, 0) is 19.0 Å². The van der Waals surface area contributed by atoms with Crippen LogP contribution >= 0.6 is 15.9 Å². The Morgan fingerprint density at radius 3 is 2.43 bits per heavy atom. The average Bonchev–Trinajstić information content (AvgIpc) is 2.78. The molecular formula is C17H24BrN3. The lowest BCUT2D eigenvalue weighted by Gasteiger charge is -2.19. The van der Waals surface area contributed by atoms with Crippen molar-refractivity contribution in [3.05, 3.63) is 51.8 Å². The molecule has 0 aliphatic carbocycles. The van der Waals surface area contributed by atoms with Gasteiger partial charge in [0.25, 0.3) is 0 Å². The summed E-state index contributed by atoms with van der Waals surface area (Å²) in [4.78, 5) is 0. The minimum Gasteiger partial charge on any atom is -0.306 e. The lowest BCUT2D eigenvalue weighted by atomic mass is 9.89. The van der Waals surface area contributed by atoms with Gasteiger partial charge in [0.1, 0.15) is 0 Å². The van der Waals surface area contributed by atoms with Gasteiger partial charge < -0.3 is 5.32 Å². The Kier molecular flexibility index (Phi) is 4.89. The SMILES string of the molecule is C[C@H](NCc1cn(C)nc1C(C)(C)C)c1ccc(Br)cc1. The summed E-state index contributed by atoms with van der Waals surface area (Å²) in [5.41, 5.74) is 3.80. The largest absolute Gasteiger partial charge is 0.306 e. The molecule has 1 N–H and O–H groups in total. The van der Waals surface area contributed by atoms with Gasteiger partial charge >= 0.3 is 0 Å². The van der Waals surface area contributed by atoms with Crippen molar-refractivity contribution in [3.63, 3.8) is 0 Å². The van der Waals surface area contributed by atoms with E-state index in [2.05, 4.69) is 84.5 Å². The molecule has 0 spiro atoms. The highest BCUT2D eigenvalue weighted by Gasteiger charge is 2.21. The quantitative estimate of drug-likeness (QED) is 0.889. The third-order valence-corrected chi connectivity index (χ3v) is 4.11. The molecule has 114 valence electrons. The molecule has 0 fully saturated rings. The van der Waals surface area contributed by atoms with Crippen molar-refractivity contribution in [2.45, 2.75) is 45.7 Å². The zero-order valence-electron chi connectivity index (χ0n) is 13.4. The van der Waals surface area contributed by atoms with E-state index in [1.807, 2.05) is 11.7 Å². The van der Waals surface area contributed by atoms with E-state index in [4.69, 9.17) is 0 Å². The molecule has 21 heavy (non-hydrogen) atoms. The van der Waals surface area contributed by atoms with Gasteiger partial charge in [-0.1, -0.05) is 48.8 Å². The predicted octanol–water partition coefficient (Wildman–Crippen LogP) is 4.33. The van der Waals surface area contributed by atoms with E-state index in [0.717, 1.165) is 11.0 Å². The number of aryl methyl sites for hydroxylation is 1. The van der Waals surface area contributed by atoms with E-state index in [-0.39, 0.29) is 5.41 Å². The highest BCUT2D eigenvalue weighted by molar-refractivity contribution is 9.10. The van der Waals surface area contributed by atoms with Crippen LogP contribution in [0.3, 0.4) is 0 Å². The summed E-state index contributed by atoms with van der Waals surface area (Å²) in [5, 5.41) is 8.21. The molecule has 1 aromatic heterocycles. The first-order valence-electron chi connectivity index (χ1n) is 7.29. The van der Waals surface area contributed by atoms with Gasteiger partial charge in [-0.05, 0) is 24.6 Å². The fourth-order valence-electron chi connectivity index (χ4n) is 2.43. The number of rotatable bonds is 4. The second-order valence-corrected chi connectivity index (χ2v) is 7.50. The van der Waals surface area contributed by atoms with Crippen LogP contribution in [0, 0.1) is 0 Å². The normalized spacial score (nSPS) is 13.4. The molecule has 4 heteroatoms. The van der Waals surface area contributed by atoms with Gasteiger partial charge in [-0.3, -0.25) is 4.68 Å². The molecule has 2 rings (SSSR count). The summed E-state index contributed by atoms with van der Waals surface area (Å²) in [6.07, 6.45) is 2.11. The molecule has 0 aliphatic rings. The topological polar surface area (TPSA) is 29.9 Å². The summed E-state index contributed by atoms with van der Waals surface area (Å²) in [6.45, 7) is 9.64. The van der Waals surface area contributed by atoms with Crippen molar-refractivity contribution in [2.75, 3.05) is 0 Å². The molecule has 3 nitrogen and oxygen atoms in total. The van der Waals surface area contributed by atoms with Gasteiger partial charge in [-0.15, -0.1) is 0 Å². The lowest BCUT2D eigenvalue weighted by molar-refractivity contribution is 0.531. The van der Waals surface area contributed by atoms with E-state index >= 15 is 0 Å². The zero-order valence-corrected chi connectivity index (χ0v) is 15.0. The van der Waals surface area contributed by atoms with Crippen molar-refractivity contribution >= 4 is 15.9 Å². The number of hydrogen-bond donors (Lipinski definition) is 1. The van der Waals surface area contributed by atoms with Gasteiger partial charge in [0.05, 0.1) is 5.69 Å². The van der Waals surface area contributed by atoms with Crippen LogP contribution in [0.5, 0.6) is 0 Å². The van der Waals surface area contributed by atoms with E-state index in [0.29, 0.717) is 6.04 Å². The van der Waals surface area contributed by atoms with Crippen LogP contribution < -0.4 is 5.32 Å². The molecule has 0 saturated carbocycles. The number of aromatic nitrogens is 2. The van der Waals surface area contributed by atoms with Gasteiger partial charge in [-0.2, -0.15) is 5.10 Å². The first kappa shape index (κ1) is 16.2.